The zero-order valence-electron chi connectivity index (χ0n) is 20.8. The molecule has 2 aromatic rings. The van der Waals surface area contributed by atoms with Crippen LogP contribution in [-0.4, -0.2) is 50.3 Å². The molecule has 1 atom stereocenters. The van der Waals surface area contributed by atoms with E-state index >= 15 is 0 Å². The largest absolute Gasteiger partial charge is 0.494 e. The van der Waals surface area contributed by atoms with Crippen LogP contribution < -0.4 is 15.0 Å². The number of carbonyl (C=O) groups is 2. The molecule has 8 nitrogen and oxygen atoms in total. The number of hydrogen-bond donors (Lipinski definition) is 1. The smallest absolute Gasteiger partial charge is 0.243 e. The van der Waals surface area contributed by atoms with E-state index in [1.165, 1.54) is 4.31 Å². The predicted molar refractivity (Wildman–Crippen MR) is 138 cm³/mol. The minimum Gasteiger partial charge on any atom is -0.494 e. The summed E-state index contributed by atoms with van der Waals surface area (Å²) in [6.45, 7) is 5.10. The van der Waals surface area contributed by atoms with Crippen molar-refractivity contribution in [1.82, 2.24) is 4.31 Å². The van der Waals surface area contributed by atoms with Gasteiger partial charge in [-0.05, 0) is 94.0 Å². The van der Waals surface area contributed by atoms with Gasteiger partial charge >= 0.3 is 0 Å². The molecule has 2 heterocycles. The Balaban J connectivity index is 1.21. The standard InChI is InChI=1S/C27H33N3O5S/c1-3-35-23-8-6-22(7-9-23)28-26(31)19-12-14-29(15-13-19)36(33,34)24-10-11-25-21(17-24)16-18(2)30(25)27(32)20-4-5-20/h6-11,17-20H,3-5,12-16H2,1-2H3,(H,28,31)/t18-/m0/s1. The Labute approximate surface area is 212 Å². The molecule has 3 aliphatic rings. The van der Waals surface area contributed by atoms with Crippen LogP contribution in [0.3, 0.4) is 0 Å². The maximum Gasteiger partial charge on any atom is 0.243 e. The number of carbonyl (C=O) groups excluding carboxylic acids is 2. The van der Waals surface area contributed by atoms with E-state index in [0.717, 1.165) is 29.8 Å². The maximum absolute atomic E-state index is 13.4. The fraction of sp³-hybridized carbons (Fsp3) is 0.481. The Morgan fingerprint density at radius 1 is 1.00 bits per heavy atom. The Morgan fingerprint density at radius 3 is 2.33 bits per heavy atom. The number of amides is 2. The van der Waals surface area contributed by atoms with Crippen LogP contribution >= 0.6 is 0 Å². The number of benzene rings is 2. The van der Waals surface area contributed by atoms with Gasteiger partial charge in [-0.1, -0.05) is 0 Å². The number of sulfonamides is 1. The van der Waals surface area contributed by atoms with Crippen molar-refractivity contribution in [2.75, 3.05) is 29.9 Å². The molecule has 0 spiro atoms. The Bertz CT molecular complexity index is 1250. The topological polar surface area (TPSA) is 96.0 Å². The summed E-state index contributed by atoms with van der Waals surface area (Å²) >= 11 is 0. The van der Waals surface area contributed by atoms with E-state index in [-0.39, 0.29) is 34.6 Å². The van der Waals surface area contributed by atoms with Crippen molar-refractivity contribution >= 4 is 33.2 Å². The third kappa shape index (κ3) is 4.86. The molecule has 1 saturated heterocycles. The number of hydrogen-bond acceptors (Lipinski definition) is 5. The van der Waals surface area contributed by atoms with E-state index in [4.69, 9.17) is 4.74 Å². The lowest BCUT2D eigenvalue weighted by atomic mass is 9.97. The summed E-state index contributed by atoms with van der Waals surface area (Å²) in [6.07, 6.45) is 3.47. The lowest BCUT2D eigenvalue weighted by Gasteiger charge is -2.30. The van der Waals surface area contributed by atoms with Gasteiger partial charge in [-0.25, -0.2) is 8.42 Å². The van der Waals surface area contributed by atoms with Gasteiger partial charge in [0.25, 0.3) is 0 Å². The molecule has 2 aromatic carbocycles. The summed E-state index contributed by atoms with van der Waals surface area (Å²) in [6, 6.07) is 12.4. The quantitative estimate of drug-likeness (QED) is 0.610. The van der Waals surface area contributed by atoms with Crippen molar-refractivity contribution in [3.05, 3.63) is 48.0 Å². The molecule has 0 radical (unpaired) electrons. The average molecular weight is 512 g/mol. The number of anilines is 2. The van der Waals surface area contributed by atoms with Gasteiger partial charge in [-0.2, -0.15) is 4.31 Å². The zero-order valence-corrected chi connectivity index (χ0v) is 21.6. The molecule has 1 N–H and O–H groups in total. The number of ether oxygens (including phenoxy) is 1. The lowest BCUT2D eigenvalue weighted by Crippen LogP contribution is -2.41. The highest BCUT2D eigenvalue weighted by Gasteiger charge is 2.40. The van der Waals surface area contributed by atoms with E-state index in [2.05, 4.69) is 5.32 Å². The number of nitrogens with one attached hydrogen (secondary N) is 1. The average Bonchev–Trinajstić information content (AvgIpc) is 3.67. The van der Waals surface area contributed by atoms with Crippen molar-refractivity contribution < 1.29 is 22.7 Å². The third-order valence-corrected chi connectivity index (χ3v) is 9.22. The van der Waals surface area contributed by atoms with Crippen molar-refractivity contribution in [1.29, 1.82) is 0 Å². The van der Waals surface area contributed by atoms with Crippen LogP contribution in [0.25, 0.3) is 0 Å². The fourth-order valence-electron chi connectivity index (χ4n) is 5.18. The first-order chi connectivity index (χ1) is 17.3. The summed E-state index contributed by atoms with van der Waals surface area (Å²) in [5.41, 5.74) is 2.44. The van der Waals surface area contributed by atoms with E-state index in [0.29, 0.717) is 44.6 Å². The lowest BCUT2D eigenvalue weighted by molar-refractivity contribution is -0.121. The van der Waals surface area contributed by atoms with Gasteiger partial charge in [0, 0.05) is 42.3 Å². The third-order valence-electron chi connectivity index (χ3n) is 7.33. The summed E-state index contributed by atoms with van der Waals surface area (Å²) in [5, 5.41) is 2.93. The summed E-state index contributed by atoms with van der Waals surface area (Å²) in [5.74, 6) is 0.684. The van der Waals surface area contributed by atoms with Crippen molar-refractivity contribution in [2.45, 2.75) is 56.9 Å². The minimum atomic E-state index is -3.68. The van der Waals surface area contributed by atoms with Crippen molar-refractivity contribution in [3.63, 3.8) is 0 Å². The van der Waals surface area contributed by atoms with Crippen molar-refractivity contribution in [2.24, 2.45) is 11.8 Å². The van der Waals surface area contributed by atoms with Crippen LogP contribution in [0.15, 0.2) is 47.4 Å². The molecular formula is C27H33N3O5S. The van der Waals surface area contributed by atoms with Gasteiger partial charge in [0.05, 0.1) is 11.5 Å². The van der Waals surface area contributed by atoms with Crippen LogP contribution in [0.4, 0.5) is 11.4 Å². The van der Waals surface area contributed by atoms with Crippen LogP contribution in [0.5, 0.6) is 5.75 Å². The Kier molecular flexibility index (Phi) is 6.78. The predicted octanol–water partition coefficient (Wildman–Crippen LogP) is 3.81. The van der Waals surface area contributed by atoms with Crippen LogP contribution in [0, 0.1) is 11.8 Å². The van der Waals surface area contributed by atoms with E-state index in [9.17, 15) is 18.0 Å². The van der Waals surface area contributed by atoms with Gasteiger partial charge in [-0.3, -0.25) is 9.59 Å². The molecule has 36 heavy (non-hydrogen) atoms. The highest BCUT2D eigenvalue weighted by molar-refractivity contribution is 7.89. The van der Waals surface area contributed by atoms with E-state index < -0.39 is 10.0 Å². The monoisotopic (exact) mass is 511 g/mol. The molecule has 5 rings (SSSR count). The summed E-state index contributed by atoms with van der Waals surface area (Å²) in [7, 11) is -3.68. The number of fused-ring (bicyclic) bond motifs is 1. The first-order valence-electron chi connectivity index (χ1n) is 12.8. The SMILES string of the molecule is CCOc1ccc(NC(=O)C2CCN(S(=O)(=O)c3ccc4c(c3)C[C@H](C)N4C(=O)C3CC3)CC2)cc1. The molecule has 2 amide bonds. The molecule has 1 saturated carbocycles. The normalized spacial score (nSPS) is 20.7. The zero-order chi connectivity index (χ0) is 25.4. The summed E-state index contributed by atoms with van der Waals surface area (Å²) < 4.78 is 33.7. The minimum absolute atomic E-state index is 0.0377. The number of piperidine rings is 1. The second kappa shape index (κ2) is 9.86. The molecule has 9 heteroatoms. The molecule has 2 fully saturated rings. The molecular weight excluding hydrogens is 478 g/mol. The molecule has 0 aromatic heterocycles. The second-order valence-corrected chi connectivity index (χ2v) is 11.9. The molecule has 192 valence electrons. The van der Waals surface area contributed by atoms with Crippen LogP contribution in [-0.2, 0) is 26.0 Å². The van der Waals surface area contributed by atoms with Crippen molar-refractivity contribution in [3.8, 4) is 5.75 Å². The van der Waals surface area contributed by atoms with E-state index in [1.54, 1.807) is 30.3 Å². The highest BCUT2D eigenvalue weighted by Crippen LogP contribution is 2.40. The van der Waals surface area contributed by atoms with Gasteiger partial charge in [-0.15, -0.1) is 0 Å². The Hall–Kier alpha value is -2.91. The van der Waals surface area contributed by atoms with Crippen LogP contribution in [0.2, 0.25) is 0 Å². The molecule has 0 bridgehead atoms. The highest BCUT2D eigenvalue weighted by atomic mass is 32.2. The number of nitrogens with zero attached hydrogens (tertiary/aromatic N) is 2. The van der Waals surface area contributed by atoms with E-state index in [1.807, 2.05) is 30.9 Å². The molecule has 0 unspecified atom stereocenters. The van der Waals surface area contributed by atoms with Crippen LogP contribution in [0.1, 0.15) is 45.1 Å². The summed E-state index contributed by atoms with van der Waals surface area (Å²) in [4.78, 5) is 27.6. The first-order valence-corrected chi connectivity index (χ1v) is 14.2. The first kappa shape index (κ1) is 24.8. The Morgan fingerprint density at radius 2 is 1.69 bits per heavy atom. The number of rotatable bonds is 7. The fourth-order valence-corrected chi connectivity index (χ4v) is 6.70. The van der Waals surface area contributed by atoms with Gasteiger partial charge in [0.15, 0.2) is 0 Å². The van der Waals surface area contributed by atoms with Gasteiger partial charge in [0.2, 0.25) is 21.8 Å². The second-order valence-electron chi connectivity index (χ2n) is 9.95. The molecule has 1 aliphatic carbocycles. The van der Waals surface area contributed by atoms with Gasteiger partial charge < -0.3 is 15.0 Å². The maximum atomic E-state index is 13.4. The van der Waals surface area contributed by atoms with Gasteiger partial charge in [0.1, 0.15) is 5.75 Å². The molecule has 2 aliphatic heterocycles.